The molecule has 0 aromatic heterocycles. The molecule has 0 aromatic carbocycles. The average Bonchev–Trinajstić information content (AvgIpc) is 2.70. The second-order valence-corrected chi connectivity index (χ2v) is 8.98. The summed E-state index contributed by atoms with van der Waals surface area (Å²) in [4.78, 5) is 21.5. The fraction of sp³-hybridized carbons (Fsp3) is 0.826. The highest BCUT2D eigenvalue weighted by molar-refractivity contribution is 8.00. The molecule has 174 valence electrons. The molecule has 0 rings (SSSR count). The first-order chi connectivity index (χ1) is 14.4. The fourth-order valence-electron chi connectivity index (χ4n) is 3.01. The number of thioether (sulfide) groups is 1. The summed E-state index contributed by atoms with van der Waals surface area (Å²) in [5.41, 5.74) is 5.55. The number of aliphatic hydroxyl groups excluding tert-OH is 1. The van der Waals surface area contributed by atoms with Crippen molar-refractivity contribution in [1.82, 2.24) is 0 Å². The molecule has 5 N–H and O–H groups in total. The molecular weight excluding hydrogens is 402 g/mol. The van der Waals surface area contributed by atoms with Crippen LogP contribution in [0.3, 0.4) is 0 Å². The fourth-order valence-corrected chi connectivity index (χ4v) is 4.10. The van der Waals surface area contributed by atoms with Crippen LogP contribution in [-0.4, -0.2) is 50.4 Å². The third kappa shape index (κ3) is 17.6. The van der Waals surface area contributed by atoms with Gasteiger partial charge in [-0.1, -0.05) is 70.6 Å². The minimum atomic E-state index is -1.08. The highest BCUT2D eigenvalue weighted by Crippen LogP contribution is 2.19. The molecule has 3 unspecified atom stereocenters. The van der Waals surface area contributed by atoms with Crippen LogP contribution in [0.15, 0.2) is 0 Å². The monoisotopic (exact) mass is 443 g/mol. The van der Waals surface area contributed by atoms with Crippen LogP contribution >= 0.6 is 11.8 Å². The summed E-state index contributed by atoms with van der Waals surface area (Å²) in [5.74, 6) is 4.33. The van der Waals surface area contributed by atoms with E-state index in [1.54, 1.807) is 0 Å². The average molecular weight is 444 g/mol. The van der Waals surface area contributed by atoms with Gasteiger partial charge in [0.05, 0.1) is 11.4 Å². The molecule has 0 saturated heterocycles. The molecule has 0 aromatic rings. The molecule has 0 amide bonds. The molecule has 0 aliphatic rings. The van der Waals surface area contributed by atoms with E-state index in [2.05, 4.69) is 18.8 Å². The van der Waals surface area contributed by atoms with Crippen LogP contribution in [0, 0.1) is 11.8 Å². The number of unbranched alkanes of at least 4 members (excludes halogenated alkanes) is 10. The Hall–Kier alpha value is -1.23. The third-order valence-corrected chi connectivity index (χ3v) is 6.25. The van der Waals surface area contributed by atoms with Gasteiger partial charge in [-0.2, -0.15) is 0 Å². The van der Waals surface area contributed by atoms with Crippen molar-refractivity contribution < 1.29 is 24.9 Å². The molecule has 3 atom stereocenters. The van der Waals surface area contributed by atoms with Crippen molar-refractivity contribution in [3.8, 4) is 11.8 Å². The summed E-state index contributed by atoms with van der Waals surface area (Å²) in [5, 5.41) is 27.5. The molecule has 30 heavy (non-hydrogen) atoms. The number of aliphatic hydroxyl groups is 1. The van der Waals surface area contributed by atoms with E-state index in [9.17, 15) is 14.7 Å². The van der Waals surface area contributed by atoms with Crippen LogP contribution in [0.5, 0.6) is 0 Å². The molecular formula is C23H41NO5S. The van der Waals surface area contributed by atoms with Crippen LogP contribution < -0.4 is 5.73 Å². The number of hydrogen-bond donors (Lipinski definition) is 4. The minimum Gasteiger partial charge on any atom is -0.481 e. The van der Waals surface area contributed by atoms with Gasteiger partial charge in [0, 0.05) is 18.6 Å². The van der Waals surface area contributed by atoms with Crippen LogP contribution in [0.1, 0.15) is 96.8 Å². The number of hydrogen-bond acceptors (Lipinski definition) is 5. The molecule has 0 spiro atoms. The smallest absolute Gasteiger partial charge is 0.321 e. The summed E-state index contributed by atoms with van der Waals surface area (Å²) in [6.07, 6.45) is 13.2. The maximum Gasteiger partial charge on any atom is 0.321 e. The summed E-state index contributed by atoms with van der Waals surface area (Å²) in [6.45, 7) is 2.23. The van der Waals surface area contributed by atoms with Gasteiger partial charge < -0.3 is 21.1 Å². The standard InChI is InChI=1S/C23H41NO5S/c1-2-3-4-5-6-7-8-9-10-11-12-13-16-21(30-18-19(24)23(28)29)20(25)15-14-17-22(26)27/h19-21,25H,2-12,14-15,17-18,24H2,1H3,(H,26,27)(H,28,29). The number of carboxylic acid groups (broad SMARTS) is 2. The first-order valence-electron chi connectivity index (χ1n) is 11.4. The summed E-state index contributed by atoms with van der Waals surface area (Å²) >= 11 is 1.23. The van der Waals surface area contributed by atoms with Crippen molar-refractivity contribution in [2.24, 2.45) is 5.73 Å². The molecule has 7 heteroatoms. The Kier molecular flexibility index (Phi) is 18.9. The lowest BCUT2D eigenvalue weighted by Crippen LogP contribution is -2.34. The Morgan fingerprint density at radius 3 is 2.03 bits per heavy atom. The highest BCUT2D eigenvalue weighted by atomic mass is 32.2. The van der Waals surface area contributed by atoms with Crippen molar-refractivity contribution in [2.75, 3.05) is 5.75 Å². The number of rotatable bonds is 19. The minimum absolute atomic E-state index is 0.00484. The number of aliphatic carboxylic acids is 2. The Bertz CT molecular complexity index is 517. The maximum atomic E-state index is 10.9. The maximum absolute atomic E-state index is 10.9. The molecule has 0 aliphatic carbocycles. The lowest BCUT2D eigenvalue weighted by molar-refractivity contribution is -0.138. The van der Waals surface area contributed by atoms with Crippen molar-refractivity contribution in [3.05, 3.63) is 0 Å². The zero-order chi connectivity index (χ0) is 22.6. The summed E-state index contributed by atoms with van der Waals surface area (Å²) in [6, 6.07) is -1.01. The van der Waals surface area contributed by atoms with E-state index in [4.69, 9.17) is 15.9 Å². The summed E-state index contributed by atoms with van der Waals surface area (Å²) in [7, 11) is 0. The van der Waals surface area contributed by atoms with E-state index in [0.717, 1.165) is 19.3 Å². The topological polar surface area (TPSA) is 121 Å². The normalized spacial score (nSPS) is 13.8. The van der Waals surface area contributed by atoms with Gasteiger partial charge in [0.15, 0.2) is 0 Å². The molecule has 0 saturated carbocycles. The number of nitrogens with two attached hydrogens (primary N) is 1. The Morgan fingerprint density at radius 2 is 1.50 bits per heavy atom. The SMILES string of the molecule is CCCCCCCCCCCCC#CC(SCC(N)C(=O)O)C(O)CCCC(=O)O. The Morgan fingerprint density at radius 1 is 0.933 bits per heavy atom. The van der Waals surface area contributed by atoms with Crippen LogP contribution in [0.4, 0.5) is 0 Å². The molecule has 0 bridgehead atoms. The van der Waals surface area contributed by atoms with Gasteiger partial charge in [0.1, 0.15) is 6.04 Å². The van der Waals surface area contributed by atoms with Gasteiger partial charge in [-0.25, -0.2) is 0 Å². The molecule has 0 aliphatic heterocycles. The van der Waals surface area contributed by atoms with Gasteiger partial charge in [-0.3, -0.25) is 9.59 Å². The van der Waals surface area contributed by atoms with Gasteiger partial charge in [-0.15, -0.1) is 17.7 Å². The second-order valence-electron chi connectivity index (χ2n) is 7.81. The molecule has 6 nitrogen and oxygen atoms in total. The molecule has 0 fully saturated rings. The van der Waals surface area contributed by atoms with Crippen LogP contribution in [-0.2, 0) is 9.59 Å². The first-order valence-corrected chi connectivity index (χ1v) is 12.4. The van der Waals surface area contributed by atoms with Crippen molar-refractivity contribution in [2.45, 2.75) is 114 Å². The lowest BCUT2D eigenvalue weighted by Gasteiger charge is -2.18. The van der Waals surface area contributed by atoms with Gasteiger partial charge >= 0.3 is 11.9 Å². The van der Waals surface area contributed by atoms with Gasteiger partial charge in [0.2, 0.25) is 0 Å². The highest BCUT2D eigenvalue weighted by Gasteiger charge is 2.21. The quantitative estimate of drug-likeness (QED) is 0.172. The van der Waals surface area contributed by atoms with E-state index in [-0.39, 0.29) is 12.2 Å². The molecule has 0 heterocycles. The Labute approximate surface area is 186 Å². The zero-order valence-electron chi connectivity index (χ0n) is 18.5. The Balaban J connectivity index is 4.18. The van der Waals surface area contributed by atoms with Gasteiger partial charge in [0.25, 0.3) is 0 Å². The van der Waals surface area contributed by atoms with E-state index in [0.29, 0.717) is 12.8 Å². The molecule has 0 radical (unpaired) electrons. The van der Waals surface area contributed by atoms with E-state index >= 15 is 0 Å². The van der Waals surface area contributed by atoms with Crippen molar-refractivity contribution >= 4 is 23.7 Å². The zero-order valence-corrected chi connectivity index (χ0v) is 19.3. The second kappa shape index (κ2) is 19.7. The largest absolute Gasteiger partial charge is 0.481 e. The number of carboxylic acids is 2. The van der Waals surface area contributed by atoms with Crippen molar-refractivity contribution in [1.29, 1.82) is 0 Å². The van der Waals surface area contributed by atoms with Crippen LogP contribution in [0.2, 0.25) is 0 Å². The van der Waals surface area contributed by atoms with Crippen molar-refractivity contribution in [3.63, 3.8) is 0 Å². The van der Waals surface area contributed by atoms with E-state index in [1.165, 1.54) is 63.1 Å². The number of carbonyl (C=O) groups is 2. The van der Waals surface area contributed by atoms with Crippen LogP contribution in [0.25, 0.3) is 0 Å². The first kappa shape index (κ1) is 28.8. The predicted octanol–water partition coefficient (Wildman–Crippen LogP) is 4.43. The lowest BCUT2D eigenvalue weighted by atomic mass is 10.1. The van der Waals surface area contributed by atoms with E-state index < -0.39 is 29.3 Å². The van der Waals surface area contributed by atoms with Gasteiger partial charge in [-0.05, 0) is 19.3 Å². The summed E-state index contributed by atoms with van der Waals surface area (Å²) < 4.78 is 0. The third-order valence-electron chi connectivity index (χ3n) is 4.91. The van der Waals surface area contributed by atoms with E-state index in [1.807, 2.05) is 0 Å². The predicted molar refractivity (Wildman–Crippen MR) is 124 cm³/mol.